The van der Waals surface area contributed by atoms with E-state index in [1.165, 1.54) is 6.92 Å². The summed E-state index contributed by atoms with van der Waals surface area (Å²) in [7, 11) is 0. The van der Waals surface area contributed by atoms with Crippen LogP contribution in [0.15, 0.2) is 23.4 Å². The van der Waals surface area contributed by atoms with Gasteiger partial charge in [0, 0.05) is 5.56 Å². The van der Waals surface area contributed by atoms with E-state index in [0.717, 1.165) is 5.56 Å². The third-order valence-corrected chi connectivity index (χ3v) is 2.31. The van der Waals surface area contributed by atoms with Crippen LogP contribution >= 0.6 is 0 Å². The van der Waals surface area contributed by atoms with Gasteiger partial charge in [-0.1, -0.05) is 32.9 Å². The smallest absolute Gasteiger partial charge is 0.159 e. The second kappa shape index (κ2) is 3.93. The van der Waals surface area contributed by atoms with Crippen LogP contribution in [0.4, 0.5) is 5.69 Å². The standard InChI is InChI=1S/C12H15NO2/c1-8(14)9-5-6-10(12(2,3)4)11(7-9)13-15/h5-7H,1-4H3. The molecule has 0 radical (unpaired) electrons. The number of nitrogens with zero attached hydrogens (tertiary/aromatic N) is 1. The summed E-state index contributed by atoms with van der Waals surface area (Å²) in [5, 5.41) is 2.98. The molecule has 0 aliphatic heterocycles. The average Bonchev–Trinajstić information content (AvgIpc) is 2.15. The van der Waals surface area contributed by atoms with Crippen LogP contribution in [0.1, 0.15) is 43.6 Å². The first kappa shape index (κ1) is 11.6. The van der Waals surface area contributed by atoms with Crippen molar-refractivity contribution in [1.29, 1.82) is 0 Å². The van der Waals surface area contributed by atoms with Gasteiger partial charge in [0.05, 0.1) is 0 Å². The summed E-state index contributed by atoms with van der Waals surface area (Å²) >= 11 is 0. The summed E-state index contributed by atoms with van der Waals surface area (Å²) in [4.78, 5) is 21.8. The van der Waals surface area contributed by atoms with Crippen molar-refractivity contribution in [3.63, 3.8) is 0 Å². The van der Waals surface area contributed by atoms with Gasteiger partial charge in [-0.05, 0) is 29.1 Å². The third-order valence-electron chi connectivity index (χ3n) is 2.31. The molecule has 0 fully saturated rings. The SMILES string of the molecule is CC(=O)c1ccc(C(C)(C)C)c(N=O)c1. The molecule has 3 nitrogen and oxygen atoms in total. The van der Waals surface area contributed by atoms with Gasteiger partial charge in [0.15, 0.2) is 5.78 Å². The predicted octanol–water partition coefficient (Wildman–Crippen LogP) is 3.58. The fourth-order valence-corrected chi connectivity index (χ4v) is 1.46. The lowest BCUT2D eigenvalue weighted by molar-refractivity contribution is 0.101. The Labute approximate surface area is 89.5 Å². The third kappa shape index (κ3) is 2.49. The Hall–Kier alpha value is -1.51. The summed E-state index contributed by atoms with van der Waals surface area (Å²) in [6, 6.07) is 5.08. The van der Waals surface area contributed by atoms with Gasteiger partial charge in [0.1, 0.15) is 5.69 Å². The van der Waals surface area contributed by atoms with Gasteiger partial charge >= 0.3 is 0 Å². The van der Waals surface area contributed by atoms with E-state index in [0.29, 0.717) is 11.3 Å². The number of ketones is 1. The fourth-order valence-electron chi connectivity index (χ4n) is 1.46. The molecule has 0 saturated carbocycles. The molecular formula is C12H15NO2. The number of benzene rings is 1. The number of rotatable bonds is 2. The largest absolute Gasteiger partial charge is 0.295 e. The Kier molecular flexibility index (Phi) is 3.03. The fraction of sp³-hybridized carbons (Fsp3) is 0.417. The normalized spacial score (nSPS) is 11.2. The Morgan fingerprint density at radius 2 is 1.87 bits per heavy atom. The van der Waals surface area contributed by atoms with Crippen LogP contribution in [0.3, 0.4) is 0 Å². The number of nitroso groups, excluding NO2 is 1. The van der Waals surface area contributed by atoms with Gasteiger partial charge in [0.2, 0.25) is 0 Å². The number of carbonyl (C=O) groups excluding carboxylic acids is 1. The lowest BCUT2D eigenvalue weighted by atomic mass is 9.85. The molecule has 0 aliphatic carbocycles. The van der Waals surface area contributed by atoms with Crippen molar-refractivity contribution in [2.24, 2.45) is 5.18 Å². The van der Waals surface area contributed by atoms with Gasteiger partial charge in [-0.3, -0.25) is 4.79 Å². The maximum atomic E-state index is 11.1. The molecule has 0 atom stereocenters. The van der Waals surface area contributed by atoms with Crippen LogP contribution in [0, 0.1) is 4.91 Å². The van der Waals surface area contributed by atoms with E-state index in [1.807, 2.05) is 20.8 Å². The highest BCUT2D eigenvalue weighted by atomic mass is 16.3. The predicted molar refractivity (Wildman–Crippen MR) is 60.6 cm³/mol. The summed E-state index contributed by atoms with van der Waals surface area (Å²) in [5.41, 5.74) is 1.61. The summed E-state index contributed by atoms with van der Waals surface area (Å²) in [5.74, 6) is -0.0552. The van der Waals surface area contributed by atoms with Crippen LogP contribution in [0.5, 0.6) is 0 Å². The highest BCUT2D eigenvalue weighted by Gasteiger charge is 2.19. The van der Waals surface area contributed by atoms with E-state index in [-0.39, 0.29) is 11.2 Å². The topological polar surface area (TPSA) is 46.5 Å². The molecule has 1 rings (SSSR count). The minimum atomic E-state index is -0.140. The highest BCUT2D eigenvalue weighted by Crippen LogP contribution is 2.32. The Morgan fingerprint density at radius 1 is 1.27 bits per heavy atom. The number of Topliss-reactive ketones (excluding diaryl/α,β-unsaturated/α-hetero) is 1. The molecule has 80 valence electrons. The molecule has 0 heterocycles. The Balaban J connectivity index is 3.33. The molecule has 0 saturated heterocycles. The molecule has 1 aromatic carbocycles. The molecular weight excluding hydrogens is 190 g/mol. The monoisotopic (exact) mass is 205 g/mol. The van der Waals surface area contributed by atoms with Gasteiger partial charge in [-0.15, -0.1) is 4.91 Å². The number of carbonyl (C=O) groups is 1. The van der Waals surface area contributed by atoms with Crippen LogP contribution in [-0.2, 0) is 5.41 Å². The van der Waals surface area contributed by atoms with Crippen LogP contribution < -0.4 is 0 Å². The van der Waals surface area contributed by atoms with Gasteiger partial charge in [-0.2, -0.15) is 0 Å². The van der Waals surface area contributed by atoms with Crippen molar-refractivity contribution in [3.8, 4) is 0 Å². The molecule has 0 spiro atoms. The number of hydrogen-bond acceptors (Lipinski definition) is 3. The van der Waals surface area contributed by atoms with E-state index >= 15 is 0 Å². The molecule has 0 N–H and O–H groups in total. The maximum absolute atomic E-state index is 11.1. The quantitative estimate of drug-likeness (QED) is 0.547. The zero-order valence-corrected chi connectivity index (χ0v) is 9.50. The minimum Gasteiger partial charge on any atom is -0.295 e. The zero-order valence-electron chi connectivity index (χ0n) is 9.50. The molecule has 3 heteroatoms. The first-order chi connectivity index (χ1) is 6.86. The molecule has 15 heavy (non-hydrogen) atoms. The van der Waals surface area contributed by atoms with E-state index in [2.05, 4.69) is 5.18 Å². The lowest BCUT2D eigenvalue weighted by Crippen LogP contribution is -2.11. The van der Waals surface area contributed by atoms with E-state index in [9.17, 15) is 9.70 Å². The highest BCUT2D eigenvalue weighted by molar-refractivity contribution is 5.95. The van der Waals surface area contributed by atoms with Crippen LogP contribution in [0.2, 0.25) is 0 Å². The van der Waals surface area contributed by atoms with Crippen molar-refractivity contribution in [1.82, 2.24) is 0 Å². The summed E-state index contributed by atoms with van der Waals surface area (Å²) in [6.45, 7) is 7.49. The van der Waals surface area contributed by atoms with Gasteiger partial charge in [-0.25, -0.2) is 0 Å². The van der Waals surface area contributed by atoms with Crippen molar-refractivity contribution in [2.75, 3.05) is 0 Å². The Morgan fingerprint density at radius 3 is 2.27 bits per heavy atom. The Bertz CT molecular complexity index is 403. The van der Waals surface area contributed by atoms with Crippen LogP contribution in [-0.4, -0.2) is 5.78 Å². The molecule has 0 amide bonds. The second-order valence-electron chi connectivity index (χ2n) is 4.63. The van der Waals surface area contributed by atoms with Gasteiger partial charge < -0.3 is 0 Å². The van der Waals surface area contributed by atoms with E-state index < -0.39 is 0 Å². The maximum Gasteiger partial charge on any atom is 0.159 e. The number of hydrogen-bond donors (Lipinski definition) is 0. The first-order valence-electron chi connectivity index (χ1n) is 4.85. The average molecular weight is 205 g/mol. The molecule has 0 aromatic heterocycles. The first-order valence-corrected chi connectivity index (χ1v) is 4.85. The van der Waals surface area contributed by atoms with Crippen molar-refractivity contribution < 1.29 is 4.79 Å². The molecule has 1 aromatic rings. The van der Waals surface area contributed by atoms with Crippen LogP contribution in [0.25, 0.3) is 0 Å². The van der Waals surface area contributed by atoms with Crippen molar-refractivity contribution in [3.05, 3.63) is 34.2 Å². The molecule has 0 bridgehead atoms. The molecule has 0 unspecified atom stereocenters. The molecule has 0 aliphatic rings. The summed E-state index contributed by atoms with van der Waals surface area (Å²) in [6.07, 6.45) is 0. The van der Waals surface area contributed by atoms with Crippen molar-refractivity contribution >= 4 is 11.5 Å². The van der Waals surface area contributed by atoms with Gasteiger partial charge in [0.25, 0.3) is 0 Å². The van der Waals surface area contributed by atoms with Crippen molar-refractivity contribution in [2.45, 2.75) is 33.1 Å². The minimum absolute atomic E-state index is 0.0552. The van der Waals surface area contributed by atoms with E-state index in [4.69, 9.17) is 0 Å². The lowest BCUT2D eigenvalue weighted by Gasteiger charge is -2.20. The van der Waals surface area contributed by atoms with E-state index in [1.54, 1.807) is 18.2 Å². The zero-order chi connectivity index (χ0) is 11.6. The second-order valence-corrected chi connectivity index (χ2v) is 4.63. The summed E-state index contributed by atoms with van der Waals surface area (Å²) < 4.78 is 0.